The topological polar surface area (TPSA) is 46.3 Å². The fourth-order valence-electron chi connectivity index (χ4n) is 2.54. The van der Waals surface area contributed by atoms with Crippen LogP contribution < -0.4 is 5.73 Å². The van der Waals surface area contributed by atoms with Gasteiger partial charge in [-0.05, 0) is 32.1 Å². The molecule has 0 unspecified atom stereocenters. The van der Waals surface area contributed by atoms with Crippen molar-refractivity contribution >= 4 is 18.3 Å². The molecule has 1 amide bonds. The molecule has 0 atom stereocenters. The first-order chi connectivity index (χ1) is 7.22. The average molecular weight is 247 g/mol. The first kappa shape index (κ1) is 13.8. The summed E-state index contributed by atoms with van der Waals surface area (Å²) in [6.07, 6.45) is 9.07. The zero-order valence-corrected chi connectivity index (χ0v) is 10.7. The van der Waals surface area contributed by atoms with Crippen LogP contribution >= 0.6 is 12.4 Å². The van der Waals surface area contributed by atoms with E-state index in [9.17, 15) is 4.79 Å². The first-order valence-electron chi connectivity index (χ1n) is 6.31. The average Bonchev–Trinajstić information content (AvgIpc) is 2.13. The molecule has 0 aromatic carbocycles. The summed E-state index contributed by atoms with van der Waals surface area (Å²) >= 11 is 0. The van der Waals surface area contributed by atoms with Crippen LogP contribution in [0.3, 0.4) is 0 Å². The predicted molar refractivity (Wildman–Crippen MR) is 67.7 cm³/mol. The van der Waals surface area contributed by atoms with Crippen LogP contribution in [-0.2, 0) is 4.79 Å². The predicted octanol–water partition coefficient (Wildman–Crippen LogP) is 2.08. The molecule has 1 heterocycles. The van der Waals surface area contributed by atoms with E-state index in [0.29, 0.717) is 0 Å². The summed E-state index contributed by atoms with van der Waals surface area (Å²) in [5.74, 6) is 0.218. The summed E-state index contributed by atoms with van der Waals surface area (Å²) in [6, 6.07) is 0. The number of rotatable bonds is 1. The Morgan fingerprint density at radius 1 is 0.938 bits per heavy atom. The van der Waals surface area contributed by atoms with Gasteiger partial charge in [0.25, 0.3) is 0 Å². The van der Waals surface area contributed by atoms with E-state index in [1.54, 1.807) is 0 Å². The highest BCUT2D eigenvalue weighted by molar-refractivity contribution is 5.87. The van der Waals surface area contributed by atoms with Crippen molar-refractivity contribution in [2.45, 2.75) is 56.9 Å². The summed E-state index contributed by atoms with van der Waals surface area (Å²) in [5, 5.41) is 0. The molecule has 1 saturated carbocycles. The molecule has 0 spiro atoms. The SMILES string of the molecule is Cl.NC1(C(=O)N2CCCCCCC2)CCC1. The maximum absolute atomic E-state index is 12.2. The van der Waals surface area contributed by atoms with Gasteiger partial charge < -0.3 is 10.6 Å². The van der Waals surface area contributed by atoms with Crippen molar-refractivity contribution in [1.29, 1.82) is 0 Å². The molecule has 0 radical (unpaired) electrons. The van der Waals surface area contributed by atoms with Crippen LogP contribution in [-0.4, -0.2) is 29.4 Å². The molecule has 1 aliphatic carbocycles. The Kier molecular flexibility index (Phi) is 5.06. The molecule has 94 valence electrons. The molecule has 0 aromatic rings. The second-order valence-electron chi connectivity index (χ2n) is 5.07. The summed E-state index contributed by atoms with van der Waals surface area (Å²) in [5.41, 5.74) is 5.59. The second-order valence-corrected chi connectivity index (χ2v) is 5.07. The number of nitrogens with two attached hydrogens (primary N) is 1. The van der Waals surface area contributed by atoms with E-state index < -0.39 is 5.54 Å². The summed E-state index contributed by atoms with van der Waals surface area (Å²) in [4.78, 5) is 14.2. The monoisotopic (exact) mass is 246 g/mol. The van der Waals surface area contributed by atoms with Crippen molar-refractivity contribution in [2.75, 3.05) is 13.1 Å². The molecule has 2 aliphatic rings. The minimum absolute atomic E-state index is 0. The number of nitrogens with zero attached hydrogens (tertiary/aromatic N) is 1. The number of carbonyl (C=O) groups excluding carboxylic acids is 1. The molecule has 0 aromatic heterocycles. The number of carbonyl (C=O) groups is 1. The smallest absolute Gasteiger partial charge is 0.242 e. The molecule has 1 aliphatic heterocycles. The lowest BCUT2D eigenvalue weighted by molar-refractivity contribution is -0.140. The maximum Gasteiger partial charge on any atom is 0.242 e. The van der Waals surface area contributed by atoms with Gasteiger partial charge in [-0.15, -0.1) is 12.4 Å². The van der Waals surface area contributed by atoms with E-state index in [0.717, 1.165) is 45.2 Å². The van der Waals surface area contributed by atoms with Crippen LogP contribution in [0.5, 0.6) is 0 Å². The highest BCUT2D eigenvalue weighted by atomic mass is 35.5. The minimum Gasteiger partial charge on any atom is -0.341 e. The van der Waals surface area contributed by atoms with Crippen LogP contribution in [0.2, 0.25) is 0 Å². The van der Waals surface area contributed by atoms with Gasteiger partial charge in [0, 0.05) is 13.1 Å². The van der Waals surface area contributed by atoms with Crippen molar-refractivity contribution in [1.82, 2.24) is 4.90 Å². The van der Waals surface area contributed by atoms with E-state index >= 15 is 0 Å². The van der Waals surface area contributed by atoms with E-state index in [4.69, 9.17) is 5.73 Å². The third-order valence-corrected chi connectivity index (χ3v) is 3.81. The van der Waals surface area contributed by atoms with E-state index in [-0.39, 0.29) is 18.3 Å². The second kappa shape index (κ2) is 5.87. The molecule has 1 saturated heterocycles. The Labute approximate surface area is 104 Å². The molecule has 2 N–H and O–H groups in total. The number of amides is 1. The number of likely N-dealkylation sites (tertiary alicyclic amines) is 1. The summed E-state index contributed by atoms with van der Waals surface area (Å²) in [7, 11) is 0. The molecule has 2 fully saturated rings. The molecular formula is C12H23ClN2O. The van der Waals surface area contributed by atoms with E-state index in [1.165, 1.54) is 19.3 Å². The van der Waals surface area contributed by atoms with Crippen molar-refractivity contribution in [3.05, 3.63) is 0 Å². The Morgan fingerprint density at radius 2 is 1.44 bits per heavy atom. The molecule has 2 rings (SSSR count). The number of hydrogen-bond donors (Lipinski definition) is 1. The minimum atomic E-state index is -0.487. The van der Waals surface area contributed by atoms with Gasteiger partial charge in [0.1, 0.15) is 0 Å². The molecule has 16 heavy (non-hydrogen) atoms. The fourth-order valence-corrected chi connectivity index (χ4v) is 2.54. The van der Waals surface area contributed by atoms with Crippen LogP contribution in [0, 0.1) is 0 Å². The Morgan fingerprint density at radius 3 is 1.88 bits per heavy atom. The standard InChI is InChI=1S/C12H22N2O.ClH/c13-12(7-6-8-12)11(15)14-9-4-2-1-3-5-10-14;/h1-10,13H2;1H. The van der Waals surface area contributed by atoms with Gasteiger partial charge in [-0.1, -0.05) is 19.3 Å². The molecular weight excluding hydrogens is 224 g/mol. The Bertz CT molecular complexity index is 233. The van der Waals surface area contributed by atoms with Crippen molar-refractivity contribution in [2.24, 2.45) is 5.73 Å². The quantitative estimate of drug-likeness (QED) is 0.770. The number of hydrogen-bond acceptors (Lipinski definition) is 2. The van der Waals surface area contributed by atoms with Gasteiger partial charge in [-0.25, -0.2) is 0 Å². The van der Waals surface area contributed by atoms with Gasteiger partial charge in [-0.3, -0.25) is 4.79 Å². The normalized spacial score (nSPS) is 24.7. The van der Waals surface area contributed by atoms with Crippen molar-refractivity contribution < 1.29 is 4.79 Å². The largest absolute Gasteiger partial charge is 0.341 e. The molecule has 4 heteroatoms. The van der Waals surface area contributed by atoms with Gasteiger partial charge in [-0.2, -0.15) is 0 Å². The third kappa shape index (κ3) is 2.89. The van der Waals surface area contributed by atoms with E-state index in [1.807, 2.05) is 4.90 Å². The lowest BCUT2D eigenvalue weighted by Gasteiger charge is -2.40. The van der Waals surface area contributed by atoms with E-state index in [2.05, 4.69) is 0 Å². The zero-order valence-electron chi connectivity index (χ0n) is 9.91. The number of halogens is 1. The van der Waals surface area contributed by atoms with Crippen LogP contribution in [0.25, 0.3) is 0 Å². The first-order valence-corrected chi connectivity index (χ1v) is 6.31. The highest BCUT2D eigenvalue weighted by Crippen LogP contribution is 2.31. The zero-order chi connectivity index (χ0) is 10.7. The van der Waals surface area contributed by atoms with Crippen LogP contribution in [0.4, 0.5) is 0 Å². The maximum atomic E-state index is 12.2. The van der Waals surface area contributed by atoms with Gasteiger partial charge >= 0.3 is 0 Å². The summed E-state index contributed by atoms with van der Waals surface area (Å²) < 4.78 is 0. The lowest BCUT2D eigenvalue weighted by atomic mass is 9.76. The van der Waals surface area contributed by atoms with Crippen LogP contribution in [0.1, 0.15) is 51.4 Å². The van der Waals surface area contributed by atoms with Crippen molar-refractivity contribution in [3.8, 4) is 0 Å². The molecule has 3 nitrogen and oxygen atoms in total. The Hall–Kier alpha value is -0.280. The highest BCUT2D eigenvalue weighted by Gasteiger charge is 2.42. The van der Waals surface area contributed by atoms with Gasteiger partial charge in [0.15, 0.2) is 0 Å². The third-order valence-electron chi connectivity index (χ3n) is 3.81. The molecule has 0 bridgehead atoms. The van der Waals surface area contributed by atoms with Crippen LogP contribution in [0.15, 0.2) is 0 Å². The van der Waals surface area contributed by atoms with Crippen molar-refractivity contribution in [3.63, 3.8) is 0 Å². The Balaban J connectivity index is 0.00000128. The fraction of sp³-hybridized carbons (Fsp3) is 0.917. The lowest BCUT2D eigenvalue weighted by Crippen LogP contribution is -2.59. The van der Waals surface area contributed by atoms with Gasteiger partial charge in [0.2, 0.25) is 5.91 Å². The van der Waals surface area contributed by atoms with Gasteiger partial charge in [0.05, 0.1) is 5.54 Å². The summed E-state index contributed by atoms with van der Waals surface area (Å²) in [6.45, 7) is 1.86.